The van der Waals surface area contributed by atoms with Crippen molar-refractivity contribution in [3.8, 4) is 5.75 Å². The van der Waals surface area contributed by atoms with Crippen LogP contribution in [0.2, 0.25) is 0 Å². The van der Waals surface area contributed by atoms with Crippen molar-refractivity contribution in [2.45, 2.75) is 39.9 Å². The molecule has 2 heterocycles. The number of halogens is 3. The lowest BCUT2D eigenvalue weighted by molar-refractivity contribution is -0.137. The molecule has 0 saturated carbocycles. The maximum Gasteiger partial charge on any atom is 0.416 e. The molecule has 0 fully saturated rings. The second-order valence-electron chi connectivity index (χ2n) is 5.74. The first-order valence-electron chi connectivity index (χ1n) is 9.29. The number of fused-ring (bicyclic) bond motifs is 1. The van der Waals surface area contributed by atoms with Gasteiger partial charge in [-0.25, -0.2) is 0 Å². The summed E-state index contributed by atoms with van der Waals surface area (Å²) in [6.45, 7) is 8.49. The number of nitrogens with zero attached hydrogens (tertiary/aromatic N) is 2. The van der Waals surface area contributed by atoms with Crippen molar-refractivity contribution in [2.24, 2.45) is 5.73 Å². The van der Waals surface area contributed by atoms with Crippen LogP contribution < -0.4 is 5.73 Å². The SMILES string of the molecule is CC.CC.CN1CC=C(N)c2ccncc2C1c1ccc(C(F)(F)F)cc1O. The van der Waals surface area contributed by atoms with E-state index in [0.29, 0.717) is 17.8 Å². The van der Waals surface area contributed by atoms with E-state index in [1.165, 1.54) is 6.07 Å². The molecule has 3 rings (SSSR count). The average Bonchev–Trinajstić information content (AvgIpc) is 2.81. The molecule has 1 aliphatic heterocycles. The summed E-state index contributed by atoms with van der Waals surface area (Å²) in [5.74, 6) is -0.406. The van der Waals surface area contributed by atoms with Gasteiger partial charge in [-0.3, -0.25) is 9.88 Å². The smallest absolute Gasteiger partial charge is 0.416 e. The minimum Gasteiger partial charge on any atom is -0.508 e. The van der Waals surface area contributed by atoms with Gasteiger partial charge in [0.05, 0.1) is 11.6 Å². The predicted octanol–water partition coefficient (Wildman–Crippen LogP) is 5.19. The zero-order chi connectivity index (χ0) is 21.5. The van der Waals surface area contributed by atoms with Crippen molar-refractivity contribution in [3.05, 3.63) is 65.0 Å². The number of phenols is 1. The van der Waals surface area contributed by atoms with Gasteiger partial charge in [0.15, 0.2) is 0 Å². The molecule has 1 unspecified atom stereocenters. The van der Waals surface area contributed by atoms with E-state index < -0.39 is 23.5 Å². The Hall–Kier alpha value is -2.54. The lowest BCUT2D eigenvalue weighted by atomic mass is 9.93. The fourth-order valence-corrected chi connectivity index (χ4v) is 2.94. The van der Waals surface area contributed by atoms with Gasteiger partial charge in [0.1, 0.15) is 5.75 Å². The van der Waals surface area contributed by atoms with E-state index in [9.17, 15) is 18.3 Å². The summed E-state index contributed by atoms with van der Waals surface area (Å²) in [6, 6.07) is 4.33. The van der Waals surface area contributed by atoms with Gasteiger partial charge in [-0.15, -0.1) is 0 Å². The van der Waals surface area contributed by atoms with Crippen LogP contribution in [0.15, 0.2) is 42.7 Å². The van der Waals surface area contributed by atoms with Crippen LogP contribution in [0.25, 0.3) is 5.70 Å². The zero-order valence-corrected chi connectivity index (χ0v) is 16.9. The van der Waals surface area contributed by atoms with Crippen LogP contribution in [-0.4, -0.2) is 28.6 Å². The monoisotopic (exact) mass is 395 g/mol. The molecule has 0 radical (unpaired) electrons. The number of nitrogens with two attached hydrogens (primary N) is 1. The number of benzene rings is 1. The topological polar surface area (TPSA) is 62.4 Å². The standard InChI is InChI=1S/C17H16F3N3O.2C2H6/c1-23-7-5-14(21)11-4-6-22-9-13(11)16(23)12-3-2-10(8-15(12)24)17(18,19)20;2*1-2/h2-6,8-9,16,24H,7,21H2,1H3;2*1-2H3. The molecule has 1 aromatic carbocycles. The first-order valence-corrected chi connectivity index (χ1v) is 9.29. The molecule has 154 valence electrons. The van der Waals surface area contributed by atoms with Crippen molar-refractivity contribution in [1.82, 2.24) is 9.88 Å². The number of aromatic nitrogens is 1. The third-order valence-electron chi connectivity index (χ3n) is 4.15. The van der Waals surface area contributed by atoms with Crippen molar-refractivity contribution in [2.75, 3.05) is 13.6 Å². The predicted molar refractivity (Wildman–Crippen MR) is 107 cm³/mol. The molecule has 0 bridgehead atoms. The van der Waals surface area contributed by atoms with Crippen LogP contribution in [0.1, 0.15) is 56.0 Å². The first-order chi connectivity index (χ1) is 13.3. The van der Waals surface area contributed by atoms with Crippen LogP contribution in [0.5, 0.6) is 5.75 Å². The van der Waals surface area contributed by atoms with E-state index in [0.717, 1.165) is 23.3 Å². The van der Waals surface area contributed by atoms with Crippen LogP contribution in [0.4, 0.5) is 13.2 Å². The summed E-state index contributed by atoms with van der Waals surface area (Å²) in [5, 5.41) is 10.2. The van der Waals surface area contributed by atoms with Crippen molar-refractivity contribution in [1.29, 1.82) is 0 Å². The lowest BCUT2D eigenvalue weighted by Gasteiger charge is -2.28. The number of hydrogen-bond acceptors (Lipinski definition) is 4. The fourth-order valence-electron chi connectivity index (χ4n) is 2.94. The molecule has 4 nitrogen and oxygen atoms in total. The summed E-state index contributed by atoms with van der Waals surface area (Å²) in [7, 11) is 1.81. The van der Waals surface area contributed by atoms with Crippen LogP contribution in [-0.2, 0) is 6.18 Å². The lowest BCUT2D eigenvalue weighted by Crippen LogP contribution is -2.25. The minimum atomic E-state index is -4.50. The molecule has 1 aliphatic rings. The van der Waals surface area contributed by atoms with E-state index in [4.69, 9.17) is 5.73 Å². The Kier molecular flexibility index (Phi) is 8.50. The van der Waals surface area contributed by atoms with Gasteiger partial charge in [0.25, 0.3) is 0 Å². The number of pyridine rings is 1. The number of rotatable bonds is 1. The Morgan fingerprint density at radius 1 is 1.11 bits per heavy atom. The molecule has 0 amide bonds. The van der Waals surface area contributed by atoms with Gasteiger partial charge < -0.3 is 10.8 Å². The molecular formula is C21H28F3N3O. The average molecular weight is 395 g/mol. The molecular weight excluding hydrogens is 367 g/mol. The quantitative estimate of drug-likeness (QED) is 0.697. The first kappa shape index (κ1) is 23.5. The highest BCUT2D eigenvalue weighted by Gasteiger charge is 2.33. The zero-order valence-electron chi connectivity index (χ0n) is 16.9. The number of likely N-dealkylation sites (N-methyl/N-ethyl adjacent to an activating group) is 1. The highest BCUT2D eigenvalue weighted by molar-refractivity contribution is 5.67. The van der Waals surface area contributed by atoms with Crippen molar-refractivity contribution in [3.63, 3.8) is 0 Å². The van der Waals surface area contributed by atoms with Gasteiger partial charge in [-0.05, 0) is 31.3 Å². The fraction of sp³-hybridized carbons (Fsp3) is 0.381. The summed E-state index contributed by atoms with van der Waals surface area (Å²) >= 11 is 0. The molecule has 2 aromatic rings. The Balaban J connectivity index is 0.000000921. The normalized spacial score (nSPS) is 16.4. The van der Waals surface area contributed by atoms with E-state index in [2.05, 4.69) is 4.98 Å². The van der Waals surface area contributed by atoms with Crippen LogP contribution >= 0.6 is 0 Å². The third-order valence-corrected chi connectivity index (χ3v) is 4.15. The van der Waals surface area contributed by atoms with Crippen LogP contribution in [0.3, 0.4) is 0 Å². The second kappa shape index (κ2) is 10.1. The summed E-state index contributed by atoms with van der Waals surface area (Å²) in [6.07, 6.45) is 0.560. The third kappa shape index (κ3) is 5.04. The summed E-state index contributed by atoms with van der Waals surface area (Å²) in [5.41, 5.74) is 7.63. The Labute approximate surface area is 164 Å². The molecule has 7 heteroatoms. The summed E-state index contributed by atoms with van der Waals surface area (Å²) in [4.78, 5) is 5.99. The van der Waals surface area contributed by atoms with E-state index in [1.807, 2.05) is 45.7 Å². The molecule has 0 aliphatic carbocycles. The van der Waals surface area contributed by atoms with Gasteiger partial charge in [-0.1, -0.05) is 33.8 Å². The van der Waals surface area contributed by atoms with E-state index >= 15 is 0 Å². The van der Waals surface area contributed by atoms with Crippen LogP contribution in [0, 0.1) is 0 Å². The number of phenolic OH excluding ortho intramolecular Hbond substituents is 1. The molecule has 0 saturated heterocycles. The largest absolute Gasteiger partial charge is 0.508 e. The van der Waals surface area contributed by atoms with Crippen molar-refractivity contribution >= 4 is 5.70 Å². The van der Waals surface area contributed by atoms with Crippen molar-refractivity contribution < 1.29 is 18.3 Å². The number of aromatic hydroxyl groups is 1. The Morgan fingerprint density at radius 2 is 1.75 bits per heavy atom. The highest BCUT2D eigenvalue weighted by atomic mass is 19.4. The van der Waals surface area contributed by atoms with E-state index in [1.54, 1.807) is 18.5 Å². The molecule has 28 heavy (non-hydrogen) atoms. The van der Waals surface area contributed by atoms with Gasteiger partial charge >= 0.3 is 6.18 Å². The molecule has 3 N–H and O–H groups in total. The number of hydrogen-bond donors (Lipinski definition) is 2. The van der Waals surface area contributed by atoms with Gasteiger partial charge in [-0.2, -0.15) is 13.2 Å². The van der Waals surface area contributed by atoms with Gasteiger partial charge in [0, 0.05) is 41.3 Å². The van der Waals surface area contributed by atoms with Gasteiger partial charge in [0.2, 0.25) is 0 Å². The Morgan fingerprint density at radius 3 is 2.32 bits per heavy atom. The van der Waals surface area contributed by atoms with E-state index in [-0.39, 0.29) is 0 Å². The minimum absolute atomic E-state index is 0.378. The maximum absolute atomic E-state index is 12.8. The Bertz CT molecular complexity index is 804. The number of alkyl halides is 3. The summed E-state index contributed by atoms with van der Waals surface area (Å²) < 4.78 is 38.5. The molecule has 1 aromatic heterocycles. The maximum atomic E-state index is 12.8. The highest BCUT2D eigenvalue weighted by Crippen LogP contribution is 2.40. The molecule has 0 spiro atoms. The second-order valence-corrected chi connectivity index (χ2v) is 5.74. The molecule has 1 atom stereocenters.